The molecule has 1 atom stereocenters. The molecule has 0 heterocycles. The summed E-state index contributed by atoms with van der Waals surface area (Å²) in [6.07, 6.45) is 22.7. The Kier molecular flexibility index (Phi) is 132. The van der Waals surface area contributed by atoms with Gasteiger partial charge in [0, 0.05) is 6.08 Å². The molecule has 7 nitrogen and oxygen atoms in total. The van der Waals surface area contributed by atoms with Crippen LogP contribution in [0.4, 0.5) is 83.4 Å². The summed E-state index contributed by atoms with van der Waals surface area (Å²) in [6.45, 7) is 32.6. The molecule has 0 saturated heterocycles. The number of benzene rings is 2. The molecule has 0 spiro atoms. The van der Waals surface area contributed by atoms with Crippen LogP contribution in [-0.4, -0.2) is 46.2 Å². The molecule has 0 aliphatic carbocycles. The molecule has 620 valence electrons. The van der Waals surface area contributed by atoms with Crippen molar-refractivity contribution < 1.29 is 117 Å². The number of allylic oxidation sites excluding steroid dienone is 2. The molecule has 0 fully saturated rings. The van der Waals surface area contributed by atoms with Gasteiger partial charge in [-0.15, -0.1) is 0 Å². The summed E-state index contributed by atoms with van der Waals surface area (Å²) in [5.41, 5.74) is 1.42. The predicted molar refractivity (Wildman–Crippen MR) is 401 cm³/mol. The zero-order valence-corrected chi connectivity index (χ0v) is 64.9. The van der Waals surface area contributed by atoms with Crippen LogP contribution in [0.25, 0.3) is 12.2 Å². The number of halogens is 21. The Hall–Kier alpha value is -7.09. The van der Waals surface area contributed by atoms with Crippen LogP contribution in [0.15, 0.2) is 209 Å². The quantitative estimate of drug-likeness (QED) is 0.0375. The molecular formula is C78H119Cl2F19O7. The van der Waals surface area contributed by atoms with Crippen LogP contribution < -0.4 is 0 Å². The Labute approximate surface area is 631 Å². The second kappa shape index (κ2) is 114. The minimum Gasteiger partial charge on any atom is -0.499 e. The van der Waals surface area contributed by atoms with Gasteiger partial charge in [-0.3, -0.25) is 0 Å². The summed E-state index contributed by atoms with van der Waals surface area (Å²) in [6, 6.07) is 17.8. The summed E-state index contributed by atoms with van der Waals surface area (Å²) in [5, 5.41) is -1.66. The molecule has 0 radical (unpaired) electrons. The lowest BCUT2D eigenvalue weighted by Gasteiger charge is -2.12. The van der Waals surface area contributed by atoms with Crippen LogP contribution in [0.5, 0.6) is 0 Å². The van der Waals surface area contributed by atoms with E-state index in [2.05, 4.69) is 96.2 Å². The fourth-order valence-electron chi connectivity index (χ4n) is 5.83. The zero-order valence-electron chi connectivity index (χ0n) is 63.4. The van der Waals surface area contributed by atoms with Crippen LogP contribution in [0, 0.1) is 5.92 Å². The summed E-state index contributed by atoms with van der Waals surface area (Å²) < 4.78 is 244. The minimum absolute atomic E-state index is 0.250. The van der Waals surface area contributed by atoms with Crippen molar-refractivity contribution >= 4 is 35.4 Å². The van der Waals surface area contributed by atoms with Gasteiger partial charge in [0.15, 0.2) is 5.29 Å². The Morgan fingerprint density at radius 2 is 0.708 bits per heavy atom. The molecule has 0 saturated carbocycles. The van der Waals surface area contributed by atoms with Crippen molar-refractivity contribution in [3.05, 3.63) is 220 Å². The standard InChI is InChI=1S/C14H26F2O.C10H18F2O.C8H6F2.C8H7F.C7H13FO.C6H10ClFO.C6H10F2O.C6H11FO.C4H6F2O.C3H5F.C2H2ClF.C2H2F2.C2H3F/c1-2-3-4-5-6-7-8-9-10-11-12-17-13-14(15)16;1-3-5-6-9(4-2)7-13-8-10(11)12;9-8(10)6-7-4-2-1-3-5-7;9-7-6-8-4-2-1-3-5-8;1-3-4-5-9-6-7(2)8;2*1-2-3-4-9-5-6(7)8;1-2-3-5-8-6-4-7;1-2-7-3-4(5)6;1-3(2)4;2*1-2(3)4;1-2-3/h13H,2-12H2,1H3;8-9H,3-7H2,1-2H3;1-6H;1-7H;6H,3-5H2,1-2H3;2*5H,2-4H2,1H3;4,6H,2-3,5H2,1H3;3H,2H2,1H3;1H2,2H3;2*1H2;2H,1H2/b;;;7-6+;;;;;;;;;. The van der Waals surface area contributed by atoms with Crippen molar-refractivity contribution in [2.45, 2.75) is 210 Å². The lowest BCUT2D eigenvalue weighted by Crippen LogP contribution is -2.06. The fraction of sp³-hybridized carbons (Fsp3) is 0.513. The summed E-state index contributed by atoms with van der Waals surface area (Å²) in [4.78, 5) is 0. The van der Waals surface area contributed by atoms with Gasteiger partial charge in [0.05, 0.1) is 64.7 Å². The topological polar surface area (TPSA) is 64.6 Å². The molecule has 0 aliphatic heterocycles. The first-order chi connectivity index (χ1) is 50.3. The van der Waals surface area contributed by atoms with E-state index >= 15 is 0 Å². The van der Waals surface area contributed by atoms with Gasteiger partial charge in [-0.2, -0.15) is 61.5 Å². The van der Waals surface area contributed by atoms with Crippen LogP contribution in [0.1, 0.15) is 222 Å². The number of unbranched alkanes of at least 4 members (excludes halogenated alkanes) is 14. The van der Waals surface area contributed by atoms with Crippen molar-refractivity contribution in [2.75, 3.05) is 46.2 Å². The monoisotopic (exact) mass is 1600 g/mol. The van der Waals surface area contributed by atoms with E-state index < -0.39 is 47.1 Å². The summed E-state index contributed by atoms with van der Waals surface area (Å²) in [5.74, 6) is -0.193. The highest BCUT2D eigenvalue weighted by Crippen LogP contribution is 2.15. The van der Waals surface area contributed by atoms with Gasteiger partial charge < -0.3 is 33.2 Å². The normalized spacial score (nSPS) is 9.76. The average Bonchev–Trinajstić information content (AvgIpc) is 0.972. The van der Waals surface area contributed by atoms with E-state index in [1.807, 2.05) is 44.2 Å². The van der Waals surface area contributed by atoms with Crippen LogP contribution in [0.2, 0.25) is 0 Å². The molecule has 0 amide bonds. The minimum atomic E-state index is -1.83. The highest BCUT2D eigenvalue weighted by molar-refractivity contribution is 6.28. The third-order valence-corrected chi connectivity index (χ3v) is 10.6. The maximum absolute atomic E-state index is 11.9. The SMILES string of the molecule is C=C(C)F.C=C(F)Cl.C=C(F)F.C=CF.CCCCC(CC)COC=C(F)F.CCCCCCCCCCCCOC=C(F)F.CCCCOC=C(C)F.CCCCOC=C(F)Cl.CCCCOC=C(F)F.CCCCOC=CF.CCOC=C(F)F.F/C=C/c1ccccc1.FC(F)=Cc1ccccc1. The third-order valence-electron chi connectivity index (χ3n) is 10.5. The lowest BCUT2D eigenvalue weighted by molar-refractivity contribution is 0.169. The van der Waals surface area contributed by atoms with Crippen LogP contribution >= 0.6 is 23.2 Å². The van der Waals surface area contributed by atoms with Crippen LogP contribution in [0.3, 0.4) is 0 Å². The molecule has 2 aromatic carbocycles. The molecular weight excluding hydrogens is 1480 g/mol. The number of ether oxygens (including phenoxy) is 7. The molecule has 0 aliphatic rings. The van der Waals surface area contributed by atoms with E-state index in [9.17, 15) is 83.4 Å². The zero-order chi connectivity index (χ0) is 83.5. The lowest BCUT2D eigenvalue weighted by atomic mass is 10.0. The molecule has 28 heteroatoms. The Morgan fingerprint density at radius 3 is 1.01 bits per heavy atom. The summed E-state index contributed by atoms with van der Waals surface area (Å²) in [7, 11) is 0. The van der Waals surface area contributed by atoms with E-state index in [4.69, 9.17) is 21.1 Å². The third kappa shape index (κ3) is 188. The van der Waals surface area contributed by atoms with Gasteiger partial charge in [0.1, 0.15) is 56.0 Å². The molecule has 2 aromatic rings. The van der Waals surface area contributed by atoms with Gasteiger partial charge in [-0.1, -0.05) is 243 Å². The second-order valence-electron chi connectivity index (χ2n) is 20.2. The van der Waals surface area contributed by atoms with Gasteiger partial charge in [0.25, 0.3) is 12.2 Å². The maximum atomic E-state index is 11.9. The van der Waals surface area contributed by atoms with E-state index in [1.54, 1.807) is 37.3 Å². The Morgan fingerprint density at radius 1 is 0.396 bits per heavy atom. The van der Waals surface area contributed by atoms with Crippen molar-refractivity contribution in [1.29, 1.82) is 0 Å². The molecule has 2 rings (SSSR count). The number of hydrogen-bond acceptors (Lipinski definition) is 7. The Balaban J connectivity index is -0.000000105. The molecule has 0 aromatic heterocycles. The van der Waals surface area contributed by atoms with E-state index in [1.165, 1.54) is 71.3 Å². The largest absolute Gasteiger partial charge is 0.499 e. The van der Waals surface area contributed by atoms with Crippen LogP contribution in [-0.2, 0) is 33.2 Å². The predicted octanol–water partition coefficient (Wildman–Crippen LogP) is 32.8. The van der Waals surface area contributed by atoms with Crippen molar-refractivity contribution in [3.8, 4) is 0 Å². The first-order valence-electron chi connectivity index (χ1n) is 34.2. The van der Waals surface area contributed by atoms with E-state index in [0.717, 1.165) is 120 Å². The number of hydrogen-bond donors (Lipinski definition) is 0. The van der Waals surface area contributed by atoms with Crippen molar-refractivity contribution in [3.63, 3.8) is 0 Å². The van der Waals surface area contributed by atoms with E-state index in [-0.39, 0.29) is 24.6 Å². The highest BCUT2D eigenvalue weighted by Gasteiger charge is 2.05. The van der Waals surface area contributed by atoms with Gasteiger partial charge in [-0.25, -0.2) is 22.0 Å². The molecule has 106 heavy (non-hydrogen) atoms. The van der Waals surface area contributed by atoms with Gasteiger partial charge in [-0.05, 0) is 101 Å². The van der Waals surface area contributed by atoms with Gasteiger partial charge >= 0.3 is 24.3 Å². The Bertz CT molecular complexity index is 2280. The number of rotatable bonds is 39. The molecule has 1 unspecified atom stereocenters. The summed E-state index contributed by atoms with van der Waals surface area (Å²) >= 11 is 9.24. The van der Waals surface area contributed by atoms with Crippen molar-refractivity contribution in [1.82, 2.24) is 0 Å². The first kappa shape index (κ1) is 123. The smallest absolute Gasteiger partial charge is 0.304 e. The highest BCUT2D eigenvalue weighted by atomic mass is 35.5. The second-order valence-corrected chi connectivity index (χ2v) is 21.0. The average molecular weight is 1600 g/mol. The van der Waals surface area contributed by atoms with E-state index in [0.29, 0.717) is 88.8 Å². The van der Waals surface area contributed by atoms with Gasteiger partial charge in [0.2, 0.25) is 5.29 Å². The molecule has 0 bridgehead atoms. The van der Waals surface area contributed by atoms with Crippen molar-refractivity contribution in [2.24, 2.45) is 5.92 Å². The maximum Gasteiger partial charge on any atom is 0.304 e. The molecule has 0 N–H and O–H groups in total. The first-order valence-corrected chi connectivity index (χ1v) is 34.9. The fourth-order valence-corrected chi connectivity index (χ4v) is 5.89.